The van der Waals surface area contributed by atoms with Crippen LogP contribution in [0.3, 0.4) is 0 Å². The number of benzene rings is 1. The second kappa shape index (κ2) is 2.34. The van der Waals surface area contributed by atoms with Gasteiger partial charge in [-0.05, 0) is 17.7 Å². The average molecular weight is 151 g/mol. The molecule has 0 aliphatic heterocycles. The Bertz CT molecular complexity index is 369. The lowest BCUT2D eigenvalue weighted by Crippen LogP contribution is -1.75. The molecule has 3 heteroatoms. The van der Waals surface area contributed by atoms with Gasteiger partial charge in [-0.15, -0.1) is 0 Å². The molecule has 11 heavy (non-hydrogen) atoms. The molecule has 1 aromatic carbocycles. The molecule has 0 N–H and O–H groups in total. The molecule has 0 atom stereocenters. The van der Waals surface area contributed by atoms with E-state index in [0.29, 0.717) is 11.1 Å². The van der Waals surface area contributed by atoms with E-state index in [1.165, 1.54) is 0 Å². The van der Waals surface area contributed by atoms with Crippen LogP contribution in [0.1, 0.15) is 5.56 Å². The van der Waals surface area contributed by atoms with Crippen molar-refractivity contribution in [1.29, 1.82) is 0 Å². The summed E-state index contributed by atoms with van der Waals surface area (Å²) >= 11 is 0. The molecule has 2 aromatic rings. The minimum Gasteiger partial charge on any atom is -0.356 e. The molecule has 0 spiro atoms. The van der Waals surface area contributed by atoms with Gasteiger partial charge in [-0.25, -0.2) is 4.39 Å². The topological polar surface area (TPSA) is 26.0 Å². The number of fused-ring (bicyclic) bond motifs is 1. The number of hydrogen-bond acceptors (Lipinski definition) is 2. The Morgan fingerprint density at radius 2 is 2.36 bits per heavy atom. The van der Waals surface area contributed by atoms with Gasteiger partial charge in [-0.3, -0.25) is 0 Å². The predicted molar refractivity (Wildman–Crippen MR) is 38.8 cm³/mol. The number of rotatable bonds is 1. The van der Waals surface area contributed by atoms with E-state index in [1.807, 2.05) is 0 Å². The van der Waals surface area contributed by atoms with Crippen LogP contribution in [0, 0.1) is 0 Å². The van der Waals surface area contributed by atoms with E-state index in [-0.39, 0.29) is 0 Å². The molecule has 0 saturated heterocycles. The maximum Gasteiger partial charge on any atom is 0.167 e. The van der Waals surface area contributed by atoms with E-state index in [1.54, 1.807) is 24.4 Å². The van der Waals surface area contributed by atoms with Crippen molar-refractivity contribution < 1.29 is 8.91 Å². The lowest BCUT2D eigenvalue weighted by atomic mass is 10.2. The van der Waals surface area contributed by atoms with E-state index in [4.69, 9.17) is 4.52 Å². The highest BCUT2D eigenvalue weighted by Gasteiger charge is 1.98. The van der Waals surface area contributed by atoms with Crippen molar-refractivity contribution in [2.75, 3.05) is 0 Å². The molecule has 0 unspecified atom stereocenters. The molecular formula is C8H6FNO. The molecule has 2 rings (SSSR count). The van der Waals surface area contributed by atoms with E-state index in [0.717, 1.165) is 5.39 Å². The van der Waals surface area contributed by atoms with E-state index in [2.05, 4.69) is 5.16 Å². The van der Waals surface area contributed by atoms with Crippen molar-refractivity contribution in [2.45, 2.75) is 6.67 Å². The molecule has 0 amide bonds. The number of aromatic nitrogens is 1. The molecule has 1 aromatic heterocycles. The van der Waals surface area contributed by atoms with Gasteiger partial charge in [-0.1, -0.05) is 11.2 Å². The third-order valence-corrected chi connectivity index (χ3v) is 1.58. The quantitative estimate of drug-likeness (QED) is 0.625. The first-order valence-corrected chi connectivity index (χ1v) is 3.29. The normalized spacial score (nSPS) is 10.6. The maximum absolute atomic E-state index is 12.1. The molecule has 56 valence electrons. The molecule has 1 heterocycles. The highest BCUT2D eigenvalue weighted by molar-refractivity contribution is 5.76. The van der Waals surface area contributed by atoms with Crippen molar-refractivity contribution in [3.05, 3.63) is 30.0 Å². The lowest BCUT2D eigenvalue weighted by molar-refractivity contribution is 0.453. The number of halogens is 1. The summed E-state index contributed by atoms with van der Waals surface area (Å²) in [5.74, 6) is 0. The zero-order valence-corrected chi connectivity index (χ0v) is 5.75. The molecule has 0 radical (unpaired) electrons. The van der Waals surface area contributed by atoms with Crippen LogP contribution < -0.4 is 0 Å². The molecule has 0 saturated carbocycles. The zero-order chi connectivity index (χ0) is 7.68. The molecular weight excluding hydrogens is 145 g/mol. The van der Waals surface area contributed by atoms with Gasteiger partial charge in [-0.2, -0.15) is 0 Å². The summed E-state index contributed by atoms with van der Waals surface area (Å²) in [5.41, 5.74) is 1.26. The van der Waals surface area contributed by atoms with Crippen LogP contribution in [-0.2, 0) is 6.67 Å². The van der Waals surface area contributed by atoms with Gasteiger partial charge in [0.1, 0.15) is 6.67 Å². The summed E-state index contributed by atoms with van der Waals surface area (Å²) in [7, 11) is 0. The van der Waals surface area contributed by atoms with Gasteiger partial charge in [0.15, 0.2) is 5.58 Å². The Morgan fingerprint density at radius 3 is 3.18 bits per heavy atom. The van der Waals surface area contributed by atoms with E-state index < -0.39 is 6.67 Å². The van der Waals surface area contributed by atoms with Gasteiger partial charge in [0, 0.05) is 5.39 Å². The largest absolute Gasteiger partial charge is 0.356 e. The average Bonchev–Trinajstić information content (AvgIpc) is 2.50. The minimum atomic E-state index is -0.462. The third kappa shape index (κ3) is 0.981. The number of nitrogens with zero attached hydrogens (tertiary/aromatic N) is 1. The van der Waals surface area contributed by atoms with Crippen LogP contribution >= 0.6 is 0 Å². The molecule has 0 aliphatic carbocycles. The lowest BCUT2D eigenvalue weighted by Gasteiger charge is -1.90. The third-order valence-electron chi connectivity index (χ3n) is 1.58. The monoisotopic (exact) mass is 151 g/mol. The molecule has 2 nitrogen and oxygen atoms in total. The Morgan fingerprint density at radius 1 is 1.45 bits per heavy atom. The number of hydrogen-bond donors (Lipinski definition) is 0. The Labute approximate surface area is 62.6 Å². The van der Waals surface area contributed by atoms with Gasteiger partial charge in [0.2, 0.25) is 0 Å². The van der Waals surface area contributed by atoms with Gasteiger partial charge in [0.25, 0.3) is 0 Å². The fourth-order valence-electron chi connectivity index (χ4n) is 0.988. The van der Waals surface area contributed by atoms with Gasteiger partial charge in [0.05, 0.1) is 6.20 Å². The van der Waals surface area contributed by atoms with Crippen LogP contribution in [0.5, 0.6) is 0 Å². The smallest absolute Gasteiger partial charge is 0.167 e. The summed E-state index contributed by atoms with van der Waals surface area (Å²) in [4.78, 5) is 0. The first-order chi connectivity index (χ1) is 5.40. The first-order valence-electron chi connectivity index (χ1n) is 3.29. The number of alkyl halides is 1. The fourth-order valence-corrected chi connectivity index (χ4v) is 0.988. The van der Waals surface area contributed by atoms with Crippen LogP contribution in [0.2, 0.25) is 0 Å². The summed E-state index contributed by atoms with van der Waals surface area (Å²) in [6.45, 7) is -0.462. The van der Waals surface area contributed by atoms with Crippen LogP contribution in [0.15, 0.2) is 28.9 Å². The summed E-state index contributed by atoms with van der Waals surface area (Å²) in [5, 5.41) is 4.48. The first kappa shape index (κ1) is 6.34. The fraction of sp³-hybridized carbons (Fsp3) is 0.125. The Hall–Kier alpha value is -1.38. The van der Waals surface area contributed by atoms with Gasteiger partial charge < -0.3 is 4.52 Å². The summed E-state index contributed by atoms with van der Waals surface area (Å²) in [6.07, 6.45) is 1.61. The SMILES string of the molecule is FCc1ccc2cnoc2c1. The second-order valence-corrected chi connectivity index (χ2v) is 2.33. The standard InChI is InChI=1S/C8H6FNO/c9-4-6-1-2-7-5-10-11-8(7)3-6/h1-3,5H,4H2. The van der Waals surface area contributed by atoms with Crippen molar-refractivity contribution in [3.63, 3.8) is 0 Å². The predicted octanol–water partition coefficient (Wildman–Crippen LogP) is 2.30. The van der Waals surface area contributed by atoms with Gasteiger partial charge >= 0.3 is 0 Å². The Kier molecular flexibility index (Phi) is 1.35. The minimum absolute atomic E-state index is 0.462. The second-order valence-electron chi connectivity index (χ2n) is 2.33. The molecule has 0 aliphatic rings. The maximum atomic E-state index is 12.1. The highest BCUT2D eigenvalue weighted by atomic mass is 19.1. The van der Waals surface area contributed by atoms with Crippen molar-refractivity contribution >= 4 is 11.0 Å². The van der Waals surface area contributed by atoms with Crippen LogP contribution in [-0.4, -0.2) is 5.16 Å². The van der Waals surface area contributed by atoms with Crippen LogP contribution in [0.4, 0.5) is 4.39 Å². The van der Waals surface area contributed by atoms with Crippen molar-refractivity contribution in [2.24, 2.45) is 0 Å². The zero-order valence-electron chi connectivity index (χ0n) is 5.75. The Balaban J connectivity index is 2.67. The molecule has 0 fully saturated rings. The summed E-state index contributed by atoms with van der Waals surface area (Å²) < 4.78 is 16.9. The van der Waals surface area contributed by atoms with Crippen molar-refractivity contribution in [3.8, 4) is 0 Å². The van der Waals surface area contributed by atoms with E-state index >= 15 is 0 Å². The highest BCUT2D eigenvalue weighted by Crippen LogP contribution is 2.15. The van der Waals surface area contributed by atoms with Crippen molar-refractivity contribution in [1.82, 2.24) is 5.16 Å². The molecule has 0 bridgehead atoms. The van der Waals surface area contributed by atoms with E-state index in [9.17, 15) is 4.39 Å². The summed E-state index contributed by atoms with van der Waals surface area (Å²) in [6, 6.07) is 5.17. The van der Waals surface area contributed by atoms with Crippen LogP contribution in [0.25, 0.3) is 11.0 Å².